The smallest absolute Gasteiger partial charge is 0.258 e. The van der Waals surface area contributed by atoms with Gasteiger partial charge in [-0.3, -0.25) is 0 Å². The van der Waals surface area contributed by atoms with Gasteiger partial charge in [-0.05, 0) is 77.4 Å². The third-order valence-electron chi connectivity index (χ3n) is 9.27. The number of hydrogen-bond donors (Lipinski definition) is 0. The fourth-order valence-electron chi connectivity index (χ4n) is 7.45. The summed E-state index contributed by atoms with van der Waals surface area (Å²) in [5.74, 6) is 3.98. The predicted molar refractivity (Wildman–Crippen MR) is 114 cm³/mol. The van der Waals surface area contributed by atoms with Gasteiger partial charge < -0.3 is 14.2 Å². The van der Waals surface area contributed by atoms with Gasteiger partial charge in [-0.2, -0.15) is 0 Å². The van der Waals surface area contributed by atoms with Crippen LogP contribution in [0.3, 0.4) is 0 Å². The van der Waals surface area contributed by atoms with Crippen LogP contribution in [0, 0.1) is 34.5 Å². The Morgan fingerprint density at radius 1 is 1.14 bits per heavy atom. The Bertz CT molecular complexity index is 824. The number of methoxy groups -OCH3 is 2. The minimum atomic E-state index is -0.422. The van der Waals surface area contributed by atoms with Gasteiger partial charge in [-0.25, -0.2) is 4.99 Å². The van der Waals surface area contributed by atoms with Crippen LogP contribution in [0.25, 0.3) is 0 Å². The quantitative estimate of drug-likeness (QED) is 0.651. The summed E-state index contributed by atoms with van der Waals surface area (Å²) < 4.78 is 16.6. The van der Waals surface area contributed by atoms with Crippen LogP contribution in [-0.4, -0.2) is 33.0 Å². The van der Waals surface area contributed by atoms with Crippen molar-refractivity contribution in [2.75, 3.05) is 20.8 Å². The van der Waals surface area contributed by atoms with Crippen molar-refractivity contribution in [3.63, 3.8) is 0 Å². The van der Waals surface area contributed by atoms with Gasteiger partial charge in [-0.15, -0.1) is 0 Å². The van der Waals surface area contributed by atoms with Crippen LogP contribution in [0.4, 0.5) is 0 Å². The zero-order chi connectivity index (χ0) is 20.4. The molecule has 1 fully saturated rings. The molecule has 0 saturated heterocycles. The molecule has 0 aromatic rings. The van der Waals surface area contributed by atoms with E-state index in [2.05, 4.69) is 39.0 Å². The summed E-state index contributed by atoms with van der Waals surface area (Å²) in [6, 6.07) is 0. The van der Waals surface area contributed by atoms with E-state index in [0.717, 1.165) is 29.7 Å². The van der Waals surface area contributed by atoms with Crippen LogP contribution < -0.4 is 0 Å². The Labute approximate surface area is 175 Å². The molecule has 1 heterocycles. The summed E-state index contributed by atoms with van der Waals surface area (Å²) in [4.78, 5) is 4.71. The second-order valence-corrected chi connectivity index (χ2v) is 10.2. The van der Waals surface area contributed by atoms with Crippen LogP contribution in [0.1, 0.15) is 52.9 Å². The number of fused-ring (bicyclic) bond motifs is 5. The monoisotopic (exact) mass is 397 g/mol. The normalized spacial score (nSPS) is 46.0. The van der Waals surface area contributed by atoms with E-state index in [1.807, 2.05) is 7.11 Å². The Morgan fingerprint density at radius 3 is 2.69 bits per heavy atom. The van der Waals surface area contributed by atoms with Gasteiger partial charge in [0.25, 0.3) is 6.41 Å². The molecular formula is C25H35NO3. The molecule has 1 saturated carbocycles. The molecule has 1 aliphatic heterocycles. The SMILES string of the molecule is COC1=CC2=CC[C@@H]3[C@H](CC[C@]4(C)C(C5=NC(OC)OC5)=CC[C@@H]34)[C@@]2(C)[C@@H](C)C1. The van der Waals surface area contributed by atoms with E-state index in [0.29, 0.717) is 18.4 Å². The van der Waals surface area contributed by atoms with Gasteiger partial charge in [-0.1, -0.05) is 32.9 Å². The fraction of sp³-hybridized carbons (Fsp3) is 0.720. The average molecular weight is 398 g/mol. The van der Waals surface area contributed by atoms with Crippen molar-refractivity contribution in [2.45, 2.75) is 59.3 Å². The van der Waals surface area contributed by atoms with Crippen LogP contribution in [-0.2, 0) is 14.2 Å². The largest absolute Gasteiger partial charge is 0.501 e. The standard InChI is InChI=1S/C25H35NO3/c1-15-12-17(27-4)13-16-6-7-18-19-8-9-21(22-14-29-23(26-22)28-5)24(19,2)11-10-20(18)25(15,16)3/h6,9,13,15,18-20,23H,7-8,10-12,14H2,1-5H3/t15-,18-,19-,20-,23?,24-,25-/m0/s1. The highest BCUT2D eigenvalue weighted by atomic mass is 16.7. The lowest BCUT2D eigenvalue weighted by Crippen LogP contribution is -2.51. The van der Waals surface area contributed by atoms with Crippen molar-refractivity contribution < 1.29 is 14.2 Å². The molecule has 0 spiro atoms. The van der Waals surface area contributed by atoms with Gasteiger partial charge in [0.1, 0.15) is 0 Å². The maximum Gasteiger partial charge on any atom is 0.258 e. The first-order chi connectivity index (χ1) is 13.9. The lowest BCUT2D eigenvalue weighted by molar-refractivity contribution is -0.0915. The molecule has 0 radical (unpaired) electrons. The summed E-state index contributed by atoms with van der Waals surface area (Å²) in [7, 11) is 3.48. The van der Waals surface area contributed by atoms with Crippen molar-refractivity contribution in [3.05, 3.63) is 35.1 Å². The fourth-order valence-corrected chi connectivity index (χ4v) is 7.45. The molecule has 4 nitrogen and oxygen atoms in total. The molecule has 0 bridgehead atoms. The van der Waals surface area contributed by atoms with E-state index in [4.69, 9.17) is 19.2 Å². The van der Waals surface area contributed by atoms with Crippen molar-refractivity contribution in [1.82, 2.24) is 0 Å². The Morgan fingerprint density at radius 2 is 1.97 bits per heavy atom. The number of ether oxygens (including phenoxy) is 3. The number of allylic oxidation sites excluding steroid dienone is 5. The topological polar surface area (TPSA) is 40.0 Å². The van der Waals surface area contributed by atoms with E-state index in [-0.39, 0.29) is 10.8 Å². The number of aliphatic imine (C=N–C) groups is 1. The highest BCUT2D eigenvalue weighted by molar-refractivity contribution is 6.03. The van der Waals surface area contributed by atoms with Crippen molar-refractivity contribution >= 4 is 5.71 Å². The second-order valence-electron chi connectivity index (χ2n) is 10.2. The molecule has 0 aromatic carbocycles. The molecule has 1 unspecified atom stereocenters. The zero-order valence-electron chi connectivity index (χ0n) is 18.5. The molecule has 5 rings (SSSR count). The molecule has 29 heavy (non-hydrogen) atoms. The van der Waals surface area contributed by atoms with E-state index in [1.165, 1.54) is 36.8 Å². The number of rotatable bonds is 3. The number of nitrogens with zero attached hydrogens (tertiary/aromatic N) is 1. The molecule has 0 amide bonds. The van der Waals surface area contributed by atoms with E-state index >= 15 is 0 Å². The lowest BCUT2D eigenvalue weighted by atomic mass is 9.46. The molecule has 7 atom stereocenters. The molecule has 5 aliphatic rings. The molecule has 0 aromatic heterocycles. The molecule has 4 heteroatoms. The molecule has 0 N–H and O–H groups in total. The highest BCUT2D eigenvalue weighted by Crippen LogP contribution is 2.65. The molecular weight excluding hydrogens is 362 g/mol. The van der Waals surface area contributed by atoms with E-state index in [1.54, 1.807) is 7.11 Å². The Kier molecular flexibility index (Phi) is 4.60. The van der Waals surface area contributed by atoms with E-state index < -0.39 is 6.41 Å². The maximum atomic E-state index is 5.69. The lowest BCUT2D eigenvalue weighted by Gasteiger charge is -2.58. The van der Waals surface area contributed by atoms with Gasteiger partial charge in [0.15, 0.2) is 0 Å². The first-order valence-electron chi connectivity index (χ1n) is 11.3. The third-order valence-corrected chi connectivity index (χ3v) is 9.27. The first-order valence-corrected chi connectivity index (χ1v) is 11.3. The minimum Gasteiger partial charge on any atom is -0.501 e. The summed E-state index contributed by atoms with van der Waals surface area (Å²) in [5, 5.41) is 0. The maximum absolute atomic E-state index is 5.69. The molecule has 158 valence electrons. The summed E-state index contributed by atoms with van der Waals surface area (Å²) in [6.07, 6.45) is 12.9. The zero-order valence-corrected chi connectivity index (χ0v) is 18.5. The van der Waals surface area contributed by atoms with Crippen molar-refractivity contribution in [3.8, 4) is 0 Å². The Hall–Kier alpha value is -1.39. The second kappa shape index (κ2) is 6.81. The predicted octanol–water partition coefficient (Wildman–Crippen LogP) is 5.27. The van der Waals surface area contributed by atoms with Crippen LogP contribution in [0.15, 0.2) is 40.1 Å². The average Bonchev–Trinajstić information content (AvgIpc) is 3.32. The molecule has 4 aliphatic carbocycles. The Balaban J connectivity index is 1.46. The summed E-state index contributed by atoms with van der Waals surface area (Å²) >= 11 is 0. The van der Waals surface area contributed by atoms with Gasteiger partial charge in [0, 0.05) is 13.5 Å². The highest BCUT2D eigenvalue weighted by Gasteiger charge is 2.58. The van der Waals surface area contributed by atoms with Crippen LogP contribution in [0.2, 0.25) is 0 Å². The summed E-state index contributed by atoms with van der Waals surface area (Å²) in [5.41, 5.74) is 4.58. The van der Waals surface area contributed by atoms with Crippen molar-refractivity contribution in [2.24, 2.45) is 39.5 Å². The van der Waals surface area contributed by atoms with Gasteiger partial charge in [0.05, 0.1) is 25.2 Å². The van der Waals surface area contributed by atoms with E-state index in [9.17, 15) is 0 Å². The van der Waals surface area contributed by atoms with Gasteiger partial charge >= 0.3 is 0 Å². The van der Waals surface area contributed by atoms with Crippen LogP contribution in [0.5, 0.6) is 0 Å². The number of hydrogen-bond acceptors (Lipinski definition) is 4. The van der Waals surface area contributed by atoms with Crippen LogP contribution >= 0.6 is 0 Å². The summed E-state index contributed by atoms with van der Waals surface area (Å²) in [6.45, 7) is 8.05. The first kappa shape index (κ1) is 19.6. The van der Waals surface area contributed by atoms with Gasteiger partial charge in [0.2, 0.25) is 0 Å². The minimum absolute atomic E-state index is 0.221. The van der Waals surface area contributed by atoms with Crippen molar-refractivity contribution in [1.29, 1.82) is 0 Å². The third kappa shape index (κ3) is 2.68.